The summed E-state index contributed by atoms with van der Waals surface area (Å²) < 4.78 is 14.0. The molecule has 3 aliphatic rings. The van der Waals surface area contributed by atoms with Gasteiger partial charge in [-0.25, -0.2) is 4.39 Å². The second kappa shape index (κ2) is 7.18. The highest BCUT2D eigenvalue weighted by Crippen LogP contribution is 2.57. The van der Waals surface area contributed by atoms with Crippen LogP contribution in [0.25, 0.3) is 6.08 Å². The van der Waals surface area contributed by atoms with E-state index < -0.39 is 29.2 Å². The summed E-state index contributed by atoms with van der Waals surface area (Å²) in [5, 5.41) is 2.96. The summed E-state index contributed by atoms with van der Waals surface area (Å²) >= 11 is 0. The van der Waals surface area contributed by atoms with Gasteiger partial charge in [0.15, 0.2) is 11.6 Å². The third-order valence-corrected chi connectivity index (χ3v) is 7.26. The Morgan fingerprint density at radius 2 is 1.85 bits per heavy atom. The number of rotatable bonds is 3. The Kier molecular flexibility index (Phi) is 4.33. The molecule has 1 spiro atoms. The molecular weight excluding hydrogens is 433 g/mol. The third-order valence-electron chi connectivity index (χ3n) is 7.26. The molecule has 0 aliphatic carbocycles. The third kappa shape index (κ3) is 2.55. The van der Waals surface area contributed by atoms with Gasteiger partial charge < -0.3 is 10.2 Å². The standard InChI is InChI=1S/C27H20FN3O3/c1-15(32)24-23(25(33)16-10-12-29-13-11-16)27(19-4-2-3-5-20(19)30-26(27)34)22-9-6-17-14-18(28)7-8-21(17)31(22)24/h2-14,22-24H,1H3,(H,30,34). The molecule has 1 amide bonds. The number of nitrogens with zero attached hydrogens (tertiary/aromatic N) is 2. The van der Waals surface area contributed by atoms with Crippen molar-refractivity contribution >= 4 is 34.9 Å². The lowest BCUT2D eigenvalue weighted by Crippen LogP contribution is -2.51. The van der Waals surface area contributed by atoms with Crippen molar-refractivity contribution < 1.29 is 18.8 Å². The Morgan fingerprint density at radius 1 is 1.09 bits per heavy atom. The number of aromatic nitrogens is 1. The van der Waals surface area contributed by atoms with Crippen LogP contribution in [0.3, 0.4) is 0 Å². The van der Waals surface area contributed by atoms with Crippen molar-refractivity contribution in [1.82, 2.24) is 4.98 Å². The zero-order valence-corrected chi connectivity index (χ0v) is 18.2. The monoisotopic (exact) mass is 453 g/mol. The van der Waals surface area contributed by atoms with Crippen molar-refractivity contribution in [2.24, 2.45) is 5.92 Å². The van der Waals surface area contributed by atoms with E-state index in [1.54, 1.807) is 30.3 Å². The normalized spacial score (nSPS) is 26.1. The van der Waals surface area contributed by atoms with E-state index in [1.165, 1.54) is 31.5 Å². The van der Waals surface area contributed by atoms with E-state index in [2.05, 4.69) is 10.3 Å². The summed E-state index contributed by atoms with van der Waals surface area (Å²) in [6, 6.07) is 13.3. The van der Waals surface area contributed by atoms with Gasteiger partial charge in [0.1, 0.15) is 11.2 Å². The molecule has 34 heavy (non-hydrogen) atoms. The number of amides is 1. The highest BCUT2D eigenvalue weighted by Gasteiger charge is 2.69. The van der Waals surface area contributed by atoms with Crippen molar-refractivity contribution in [3.63, 3.8) is 0 Å². The SMILES string of the molecule is CC(=O)C1C(C(=O)c2ccncc2)C2(C(=O)Nc3ccccc32)C2C=Cc3cc(F)ccc3N12. The van der Waals surface area contributed by atoms with Crippen LogP contribution in [-0.4, -0.2) is 34.5 Å². The van der Waals surface area contributed by atoms with E-state index >= 15 is 0 Å². The lowest BCUT2D eigenvalue weighted by molar-refractivity contribution is -0.122. The van der Waals surface area contributed by atoms with Crippen LogP contribution in [0.4, 0.5) is 15.8 Å². The van der Waals surface area contributed by atoms with Gasteiger partial charge in [-0.2, -0.15) is 0 Å². The molecule has 0 bridgehead atoms. The van der Waals surface area contributed by atoms with Gasteiger partial charge in [-0.1, -0.05) is 30.4 Å². The van der Waals surface area contributed by atoms with E-state index in [4.69, 9.17) is 0 Å². The van der Waals surface area contributed by atoms with Crippen LogP contribution in [0.1, 0.15) is 28.4 Å². The number of ketones is 2. The van der Waals surface area contributed by atoms with Crippen LogP contribution in [0.15, 0.2) is 73.1 Å². The first-order valence-corrected chi connectivity index (χ1v) is 11.1. The Bertz CT molecular complexity index is 1400. The predicted octanol–water partition coefficient (Wildman–Crippen LogP) is 3.78. The zero-order valence-electron chi connectivity index (χ0n) is 18.2. The van der Waals surface area contributed by atoms with Crippen molar-refractivity contribution in [3.05, 3.63) is 95.6 Å². The summed E-state index contributed by atoms with van der Waals surface area (Å²) in [7, 11) is 0. The summed E-state index contributed by atoms with van der Waals surface area (Å²) in [5.41, 5.74) is 1.57. The number of anilines is 2. The molecule has 1 aromatic heterocycles. The number of para-hydroxylation sites is 1. The first-order valence-electron chi connectivity index (χ1n) is 11.1. The zero-order chi connectivity index (χ0) is 23.6. The van der Waals surface area contributed by atoms with Gasteiger partial charge in [0.25, 0.3) is 0 Å². The minimum Gasteiger partial charge on any atom is -0.352 e. The number of halogens is 1. The molecule has 1 saturated heterocycles. The number of hydrogen-bond donors (Lipinski definition) is 1. The molecule has 1 fully saturated rings. The Labute approximate surface area is 195 Å². The molecule has 3 aromatic rings. The number of Topliss-reactive ketones (excluding diaryl/α,β-unsaturated/α-hetero) is 2. The van der Waals surface area contributed by atoms with Crippen LogP contribution in [-0.2, 0) is 15.0 Å². The van der Waals surface area contributed by atoms with E-state index in [9.17, 15) is 18.8 Å². The highest BCUT2D eigenvalue weighted by molar-refractivity contribution is 6.16. The van der Waals surface area contributed by atoms with E-state index in [-0.39, 0.29) is 17.5 Å². The number of pyridine rings is 1. The number of hydrogen-bond acceptors (Lipinski definition) is 5. The number of benzene rings is 2. The average molecular weight is 453 g/mol. The van der Waals surface area contributed by atoms with Gasteiger partial charge in [-0.05, 0) is 48.9 Å². The second-order valence-corrected chi connectivity index (χ2v) is 8.92. The van der Waals surface area contributed by atoms with Gasteiger partial charge in [-0.15, -0.1) is 0 Å². The lowest BCUT2D eigenvalue weighted by Gasteiger charge is -2.37. The molecule has 3 aliphatic heterocycles. The first-order chi connectivity index (χ1) is 16.4. The van der Waals surface area contributed by atoms with Gasteiger partial charge in [0, 0.05) is 34.9 Å². The molecule has 1 N–H and O–H groups in total. The molecule has 4 atom stereocenters. The number of carbonyl (C=O) groups excluding carboxylic acids is 3. The van der Waals surface area contributed by atoms with E-state index in [1.807, 2.05) is 29.2 Å². The molecule has 6 rings (SSSR count). The van der Waals surface area contributed by atoms with Crippen molar-refractivity contribution in [1.29, 1.82) is 0 Å². The van der Waals surface area contributed by atoms with Crippen molar-refractivity contribution in [3.8, 4) is 0 Å². The van der Waals surface area contributed by atoms with Gasteiger partial charge in [0.2, 0.25) is 5.91 Å². The summed E-state index contributed by atoms with van der Waals surface area (Å²) in [5.74, 6) is -2.27. The molecular formula is C27H20FN3O3. The molecule has 4 heterocycles. The molecule has 0 radical (unpaired) electrons. The molecule has 7 heteroatoms. The summed E-state index contributed by atoms with van der Waals surface area (Å²) in [4.78, 5) is 47.1. The van der Waals surface area contributed by atoms with Gasteiger partial charge in [0.05, 0.1) is 18.0 Å². The van der Waals surface area contributed by atoms with Crippen LogP contribution < -0.4 is 10.2 Å². The molecule has 2 aromatic carbocycles. The van der Waals surface area contributed by atoms with Gasteiger partial charge >= 0.3 is 0 Å². The van der Waals surface area contributed by atoms with E-state index in [0.717, 1.165) is 0 Å². The maximum Gasteiger partial charge on any atom is 0.238 e. The maximum absolute atomic E-state index is 14.1. The Hall–Kier alpha value is -4.13. The van der Waals surface area contributed by atoms with Crippen molar-refractivity contribution in [2.45, 2.75) is 24.4 Å². The van der Waals surface area contributed by atoms with Crippen LogP contribution >= 0.6 is 0 Å². The van der Waals surface area contributed by atoms with E-state index in [0.29, 0.717) is 28.1 Å². The maximum atomic E-state index is 14.1. The number of fused-ring (bicyclic) bond motifs is 6. The quantitative estimate of drug-likeness (QED) is 0.611. The fourth-order valence-electron chi connectivity index (χ4n) is 6.00. The first kappa shape index (κ1) is 20.5. The summed E-state index contributed by atoms with van der Waals surface area (Å²) in [6.07, 6.45) is 6.63. The molecule has 0 saturated carbocycles. The minimum absolute atomic E-state index is 0.239. The fourth-order valence-corrected chi connectivity index (χ4v) is 6.00. The summed E-state index contributed by atoms with van der Waals surface area (Å²) in [6.45, 7) is 1.44. The number of carbonyl (C=O) groups is 3. The Morgan fingerprint density at radius 3 is 2.62 bits per heavy atom. The van der Waals surface area contributed by atoms with Crippen LogP contribution in [0.2, 0.25) is 0 Å². The number of nitrogens with one attached hydrogen (secondary N) is 1. The predicted molar refractivity (Wildman–Crippen MR) is 125 cm³/mol. The second-order valence-electron chi connectivity index (χ2n) is 8.92. The fraction of sp³-hybridized carbons (Fsp3) is 0.185. The van der Waals surface area contributed by atoms with Crippen molar-refractivity contribution in [2.75, 3.05) is 10.2 Å². The Balaban J connectivity index is 1.67. The van der Waals surface area contributed by atoms with Crippen LogP contribution in [0, 0.1) is 11.7 Å². The largest absolute Gasteiger partial charge is 0.352 e. The highest BCUT2D eigenvalue weighted by atomic mass is 19.1. The topological polar surface area (TPSA) is 79.4 Å². The average Bonchev–Trinajstić information content (AvgIpc) is 3.32. The smallest absolute Gasteiger partial charge is 0.238 e. The molecule has 6 nitrogen and oxygen atoms in total. The van der Waals surface area contributed by atoms with Gasteiger partial charge in [-0.3, -0.25) is 19.4 Å². The lowest BCUT2D eigenvalue weighted by atomic mass is 9.64. The molecule has 4 unspecified atom stereocenters. The van der Waals surface area contributed by atoms with Crippen LogP contribution in [0.5, 0.6) is 0 Å². The minimum atomic E-state index is -1.34. The molecule has 168 valence electrons.